The third-order valence-electron chi connectivity index (χ3n) is 1.94. The minimum Gasteiger partial charge on any atom is -0.507 e. The lowest BCUT2D eigenvalue weighted by Gasteiger charge is -2.06. The molecule has 1 aromatic rings. The van der Waals surface area contributed by atoms with Crippen LogP contribution in [-0.4, -0.2) is 10.6 Å². The number of hydrogen-bond donors (Lipinski definition) is 2. The number of nitrogens with two attached hydrogens (primary N) is 1. The van der Waals surface area contributed by atoms with Crippen molar-refractivity contribution in [3.05, 3.63) is 28.8 Å². The van der Waals surface area contributed by atoms with Gasteiger partial charge in [-0.05, 0) is 30.2 Å². The Morgan fingerprint density at radius 1 is 1.62 bits per heavy atom. The predicted molar refractivity (Wildman–Crippen MR) is 54.8 cm³/mol. The maximum absolute atomic E-state index is 11.0. The molecule has 1 aromatic carbocycles. The van der Waals surface area contributed by atoms with Crippen molar-refractivity contribution in [1.82, 2.24) is 0 Å². The van der Waals surface area contributed by atoms with E-state index < -0.39 is 0 Å². The first-order valence-electron chi connectivity index (χ1n) is 3.88. The van der Waals surface area contributed by atoms with Gasteiger partial charge in [0.15, 0.2) is 5.52 Å². The zero-order valence-electron chi connectivity index (χ0n) is 7.37. The molecule has 0 saturated heterocycles. The Labute approximate surface area is 79.2 Å². The fourth-order valence-corrected chi connectivity index (χ4v) is 1.39. The zero-order chi connectivity index (χ0) is 10.0. The van der Waals surface area contributed by atoms with Gasteiger partial charge < -0.3 is 10.8 Å². The minimum atomic E-state index is -0.218. The molecule has 1 rings (SSSR count). The van der Waals surface area contributed by atoms with Crippen LogP contribution in [0.25, 0.3) is 0 Å². The van der Waals surface area contributed by atoms with Gasteiger partial charge in [-0.3, -0.25) is 4.79 Å². The van der Waals surface area contributed by atoms with Gasteiger partial charge in [-0.15, -0.1) is 0 Å². The Hall–Kier alpha value is -0.920. The fraction of sp³-hybridized carbons (Fsp3) is 0.222. The Kier molecular flexibility index (Phi) is 3.02. The molecule has 0 radical (unpaired) electrons. The van der Waals surface area contributed by atoms with Crippen molar-refractivity contribution in [2.45, 2.75) is 13.5 Å². The van der Waals surface area contributed by atoms with E-state index in [1.165, 1.54) is 6.07 Å². The predicted octanol–water partition coefficient (Wildman–Crippen LogP) is 1.17. The van der Waals surface area contributed by atoms with E-state index in [9.17, 15) is 9.90 Å². The summed E-state index contributed by atoms with van der Waals surface area (Å²) >= 11 is 0. The van der Waals surface area contributed by atoms with Gasteiger partial charge in [-0.1, -0.05) is 9.24 Å². The van der Waals surface area contributed by atoms with Crippen molar-refractivity contribution in [3.8, 4) is 5.75 Å². The molecule has 1 atom stereocenters. The van der Waals surface area contributed by atoms with Crippen LogP contribution in [0.15, 0.2) is 12.1 Å². The number of hydrogen-bond acceptors (Lipinski definition) is 3. The van der Waals surface area contributed by atoms with Crippen LogP contribution in [-0.2, 0) is 6.54 Å². The highest BCUT2D eigenvalue weighted by atomic mass is 31.0. The summed E-state index contributed by atoms with van der Waals surface area (Å²) in [5, 5.41) is 9.43. The Morgan fingerprint density at radius 3 is 2.69 bits per heavy atom. The van der Waals surface area contributed by atoms with Gasteiger partial charge >= 0.3 is 0 Å². The van der Waals surface area contributed by atoms with E-state index in [0.29, 0.717) is 12.1 Å². The average molecular weight is 197 g/mol. The number of aryl methyl sites for hydroxylation is 1. The van der Waals surface area contributed by atoms with Crippen molar-refractivity contribution in [2.24, 2.45) is 5.73 Å². The minimum absolute atomic E-state index is 0.00829. The number of benzene rings is 1. The zero-order valence-corrected chi connectivity index (χ0v) is 8.53. The van der Waals surface area contributed by atoms with Crippen LogP contribution in [0.2, 0.25) is 0 Å². The Balaban J connectivity index is 3.28. The summed E-state index contributed by atoms with van der Waals surface area (Å²) in [5.41, 5.74) is 7.32. The van der Waals surface area contributed by atoms with E-state index in [1.54, 1.807) is 6.07 Å². The average Bonchev–Trinajstić information content (AvgIpc) is 2.07. The standard InChI is InChI=1S/C9H12NO2P/c1-5-2-7(9(12)13)8(11)3-6(5)4-10/h2-3,11H,4,10,13H2,1H3. The first-order chi connectivity index (χ1) is 6.06. The molecular formula is C9H12NO2P. The maximum atomic E-state index is 11.0. The monoisotopic (exact) mass is 197 g/mol. The molecular weight excluding hydrogens is 185 g/mol. The van der Waals surface area contributed by atoms with E-state index in [-0.39, 0.29) is 11.3 Å². The van der Waals surface area contributed by atoms with Gasteiger partial charge in [0, 0.05) is 6.54 Å². The number of aromatic hydroxyl groups is 1. The van der Waals surface area contributed by atoms with Crippen LogP contribution in [0.1, 0.15) is 21.5 Å². The van der Waals surface area contributed by atoms with Gasteiger partial charge in [-0.2, -0.15) is 0 Å². The molecule has 0 spiro atoms. The molecule has 0 aliphatic carbocycles. The van der Waals surface area contributed by atoms with Crippen LogP contribution in [0.3, 0.4) is 0 Å². The van der Waals surface area contributed by atoms with Crippen molar-refractivity contribution in [2.75, 3.05) is 0 Å². The third-order valence-corrected chi connectivity index (χ3v) is 2.25. The smallest absolute Gasteiger partial charge is 0.181 e. The molecule has 0 bridgehead atoms. The molecule has 0 fully saturated rings. The topological polar surface area (TPSA) is 63.3 Å². The molecule has 0 aromatic heterocycles. The number of carbonyl (C=O) groups is 1. The molecule has 1 unspecified atom stereocenters. The van der Waals surface area contributed by atoms with Crippen LogP contribution in [0, 0.1) is 6.92 Å². The Bertz CT molecular complexity index is 350. The summed E-state index contributed by atoms with van der Waals surface area (Å²) in [6.45, 7) is 2.23. The van der Waals surface area contributed by atoms with Gasteiger partial charge in [0.2, 0.25) is 0 Å². The largest absolute Gasteiger partial charge is 0.507 e. The highest BCUT2D eigenvalue weighted by Crippen LogP contribution is 2.24. The highest BCUT2D eigenvalue weighted by Gasteiger charge is 2.08. The summed E-state index contributed by atoms with van der Waals surface area (Å²) in [5.74, 6) is -0.00829. The third kappa shape index (κ3) is 2.06. The summed E-state index contributed by atoms with van der Waals surface area (Å²) in [7, 11) is 2.03. The van der Waals surface area contributed by atoms with Gasteiger partial charge in [-0.25, -0.2) is 0 Å². The lowest BCUT2D eigenvalue weighted by molar-refractivity contribution is 0.108. The van der Waals surface area contributed by atoms with E-state index >= 15 is 0 Å². The lowest BCUT2D eigenvalue weighted by atomic mass is 10.0. The van der Waals surface area contributed by atoms with Gasteiger partial charge in [0.05, 0.1) is 5.56 Å². The van der Waals surface area contributed by atoms with Crippen LogP contribution >= 0.6 is 9.24 Å². The first-order valence-corrected chi connectivity index (χ1v) is 4.46. The highest BCUT2D eigenvalue weighted by molar-refractivity contribution is 7.41. The van der Waals surface area contributed by atoms with Gasteiger partial charge in [0.25, 0.3) is 0 Å². The fourth-order valence-electron chi connectivity index (χ4n) is 1.16. The second kappa shape index (κ2) is 3.86. The molecule has 3 N–H and O–H groups in total. The SMILES string of the molecule is Cc1cc(C(=O)P)c(O)cc1CN. The van der Waals surface area contributed by atoms with E-state index in [0.717, 1.165) is 11.1 Å². The summed E-state index contributed by atoms with van der Waals surface area (Å²) in [4.78, 5) is 11.0. The molecule has 70 valence electrons. The van der Waals surface area contributed by atoms with Gasteiger partial charge in [0.1, 0.15) is 5.75 Å². The van der Waals surface area contributed by atoms with E-state index in [4.69, 9.17) is 5.73 Å². The van der Waals surface area contributed by atoms with Crippen LogP contribution in [0.5, 0.6) is 5.75 Å². The number of phenols is 1. The number of phenolic OH excluding ortho intramolecular Hbond substituents is 1. The molecule has 0 saturated carbocycles. The second-order valence-corrected chi connectivity index (χ2v) is 3.39. The summed E-state index contributed by atoms with van der Waals surface area (Å²) in [6.07, 6.45) is 0. The quantitative estimate of drug-likeness (QED) is 0.699. The van der Waals surface area contributed by atoms with Crippen molar-refractivity contribution >= 4 is 14.8 Å². The Morgan fingerprint density at radius 2 is 2.23 bits per heavy atom. The molecule has 0 amide bonds. The van der Waals surface area contributed by atoms with E-state index in [2.05, 4.69) is 0 Å². The maximum Gasteiger partial charge on any atom is 0.181 e. The first kappa shape index (κ1) is 10.2. The van der Waals surface area contributed by atoms with Crippen molar-refractivity contribution in [1.29, 1.82) is 0 Å². The molecule has 3 nitrogen and oxygen atoms in total. The van der Waals surface area contributed by atoms with Crippen LogP contribution < -0.4 is 5.73 Å². The summed E-state index contributed by atoms with van der Waals surface area (Å²) < 4.78 is 0. The summed E-state index contributed by atoms with van der Waals surface area (Å²) in [6, 6.07) is 3.18. The second-order valence-electron chi connectivity index (χ2n) is 2.86. The van der Waals surface area contributed by atoms with Crippen molar-refractivity contribution < 1.29 is 9.90 Å². The molecule has 0 aliphatic rings. The lowest BCUT2D eigenvalue weighted by Crippen LogP contribution is -2.01. The van der Waals surface area contributed by atoms with Crippen molar-refractivity contribution in [3.63, 3.8) is 0 Å². The number of carbonyl (C=O) groups excluding carboxylic acids is 1. The van der Waals surface area contributed by atoms with Crippen LogP contribution in [0.4, 0.5) is 0 Å². The molecule has 13 heavy (non-hydrogen) atoms. The number of rotatable bonds is 2. The molecule has 0 aliphatic heterocycles. The molecule has 4 heteroatoms. The molecule has 0 heterocycles. The van der Waals surface area contributed by atoms with E-state index in [1.807, 2.05) is 16.2 Å². The normalized spacial score (nSPS) is 10.1.